The van der Waals surface area contributed by atoms with Gasteiger partial charge in [0.25, 0.3) is 6.43 Å². The van der Waals surface area contributed by atoms with Crippen molar-refractivity contribution in [1.82, 2.24) is 24.5 Å². The summed E-state index contributed by atoms with van der Waals surface area (Å²) in [5, 5.41) is 9.21. The van der Waals surface area contributed by atoms with E-state index in [1.54, 1.807) is 46.0 Å². The van der Waals surface area contributed by atoms with Crippen LogP contribution in [0.1, 0.15) is 12.6 Å². The monoisotopic (exact) mass is 427 g/mol. The number of rotatable bonds is 8. The van der Waals surface area contributed by atoms with E-state index in [0.717, 1.165) is 12.2 Å². The molecule has 4 rings (SSSR count). The number of hydrogen-bond acceptors (Lipinski definition) is 6. The molecule has 3 aromatic heterocycles. The topological polar surface area (TPSA) is 84.1 Å². The first-order valence-electron chi connectivity index (χ1n) is 9.57. The Morgan fingerprint density at radius 2 is 1.94 bits per heavy atom. The minimum atomic E-state index is -2.57. The first-order valence-corrected chi connectivity index (χ1v) is 9.57. The summed E-state index contributed by atoms with van der Waals surface area (Å²) >= 11 is 0. The number of fused-ring (bicyclic) bond motifs is 1. The highest BCUT2D eigenvalue weighted by Crippen LogP contribution is 2.24. The van der Waals surface area contributed by atoms with Crippen LogP contribution in [0.2, 0.25) is 0 Å². The summed E-state index contributed by atoms with van der Waals surface area (Å²) in [6, 6.07) is 8.17. The number of aromatic nitrogens is 5. The van der Waals surface area contributed by atoms with Crippen molar-refractivity contribution in [2.75, 3.05) is 6.61 Å². The highest BCUT2D eigenvalue weighted by atomic mass is 19.3. The molecule has 0 spiro atoms. The highest BCUT2D eigenvalue weighted by molar-refractivity contribution is 5.81. The van der Waals surface area contributed by atoms with Gasteiger partial charge in [-0.2, -0.15) is 10.2 Å². The quantitative estimate of drug-likeness (QED) is 0.429. The van der Waals surface area contributed by atoms with Crippen molar-refractivity contribution < 1.29 is 18.3 Å². The van der Waals surface area contributed by atoms with Gasteiger partial charge in [-0.15, -0.1) is 0 Å². The van der Waals surface area contributed by atoms with Gasteiger partial charge in [-0.05, 0) is 31.2 Å². The molecule has 8 nitrogen and oxygen atoms in total. The third-order valence-electron chi connectivity index (χ3n) is 4.47. The van der Waals surface area contributed by atoms with Gasteiger partial charge >= 0.3 is 0 Å². The summed E-state index contributed by atoms with van der Waals surface area (Å²) in [6.07, 6.45) is 3.89. The molecule has 0 amide bonds. The minimum absolute atomic E-state index is 0.0396. The number of ether oxygens (including phenoxy) is 2. The van der Waals surface area contributed by atoms with Crippen LogP contribution in [0.15, 0.2) is 59.9 Å². The lowest BCUT2D eigenvalue weighted by molar-refractivity contribution is 0.0818. The van der Waals surface area contributed by atoms with Crippen molar-refractivity contribution in [2.45, 2.75) is 26.5 Å². The molecule has 0 aliphatic heterocycles. The van der Waals surface area contributed by atoms with Crippen LogP contribution in [0.3, 0.4) is 0 Å². The lowest BCUT2D eigenvalue weighted by Gasteiger charge is -2.09. The van der Waals surface area contributed by atoms with Gasteiger partial charge in [-0.3, -0.25) is 14.5 Å². The molecule has 0 aliphatic carbocycles. The van der Waals surface area contributed by atoms with E-state index < -0.39 is 13.0 Å². The van der Waals surface area contributed by atoms with Crippen molar-refractivity contribution >= 4 is 10.9 Å². The normalized spacial score (nSPS) is 11.2. The number of alkyl halides is 2. The predicted molar refractivity (Wildman–Crippen MR) is 109 cm³/mol. The Balaban J connectivity index is 1.51. The summed E-state index contributed by atoms with van der Waals surface area (Å²) in [5.74, 6) is 0.723. The second-order valence-corrected chi connectivity index (χ2v) is 6.64. The number of aryl methyl sites for hydroxylation is 1. The summed E-state index contributed by atoms with van der Waals surface area (Å²) < 4.78 is 38.8. The molecule has 0 bridgehead atoms. The fourth-order valence-corrected chi connectivity index (χ4v) is 2.90. The molecule has 4 aromatic rings. The highest BCUT2D eigenvalue weighted by Gasteiger charge is 2.09. The minimum Gasteiger partial charge on any atom is -0.487 e. The van der Waals surface area contributed by atoms with E-state index in [4.69, 9.17) is 9.47 Å². The first-order chi connectivity index (χ1) is 15.0. The maximum absolute atomic E-state index is 12.3. The van der Waals surface area contributed by atoms with E-state index in [9.17, 15) is 13.6 Å². The maximum atomic E-state index is 12.3. The van der Waals surface area contributed by atoms with Crippen molar-refractivity contribution in [3.8, 4) is 17.2 Å². The number of nitrogens with zero attached hydrogens (tertiary/aromatic N) is 5. The SMILES string of the molecule is CCn1cc(-n2ccc(=O)c(COc3ccc4ncc(OCC(F)F)cc4c3)n2)cn1. The largest absolute Gasteiger partial charge is 0.487 e. The van der Waals surface area contributed by atoms with Crippen molar-refractivity contribution in [2.24, 2.45) is 0 Å². The zero-order valence-electron chi connectivity index (χ0n) is 16.6. The molecule has 0 saturated carbocycles. The molecule has 3 heterocycles. The van der Waals surface area contributed by atoms with Gasteiger partial charge in [0.15, 0.2) is 0 Å². The molecule has 0 fully saturated rings. The fourth-order valence-electron chi connectivity index (χ4n) is 2.90. The second kappa shape index (κ2) is 8.90. The second-order valence-electron chi connectivity index (χ2n) is 6.64. The molecule has 160 valence electrons. The van der Waals surface area contributed by atoms with Gasteiger partial charge in [0.2, 0.25) is 5.43 Å². The molecule has 1 aromatic carbocycles. The summed E-state index contributed by atoms with van der Waals surface area (Å²) in [5.41, 5.74) is 1.38. The maximum Gasteiger partial charge on any atom is 0.272 e. The van der Waals surface area contributed by atoms with Gasteiger partial charge in [-0.25, -0.2) is 13.5 Å². The van der Waals surface area contributed by atoms with Gasteiger partial charge in [0.1, 0.15) is 36.1 Å². The van der Waals surface area contributed by atoms with Gasteiger partial charge in [0, 0.05) is 24.2 Å². The average molecular weight is 427 g/mol. The van der Waals surface area contributed by atoms with Gasteiger partial charge < -0.3 is 9.47 Å². The van der Waals surface area contributed by atoms with Crippen LogP contribution in [-0.4, -0.2) is 37.6 Å². The molecule has 0 N–H and O–H groups in total. The van der Waals surface area contributed by atoms with E-state index in [1.165, 1.54) is 12.3 Å². The summed E-state index contributed by atoms with van der Waals surface area (Å²) in [6.45, 7) is 1.96. The molecular weight excluding hydrogens is 408 g/mol. The Kier molecular flexibility index (Phi) is 5.87. The van der Waals surface area contributed by atoms with Gasteiger partial charge in [-0.1, -0.05) is 0 Å². The summed E-state index contributed by atoms with van der Waals surface area (Å²) in [4.78, 5) is 16.4. The van der Waals surface area contributed by atoms with Crippen LogP contribution in [0.4, 0.5) is 8.78 Å². The predicted octanol–water partition coefficient (Wildman–Crippen LogP) is 3.22. The van der Waals surface area contributed by atoms with E-state index in [-0.39, 0.29) is 23.5 Å². The van der Waals surface area contributed by atoms with Crippen molar-refractivity contribution in [3.05, 3.63) is 71.0 Å². The van der Waals surface area contributed by atoms with Gasteiger partial charge in [0.05, 0.1) is 24.1 Å². The van der Waals surface area contributed by atoms with Crippen LogP contribution in [-0.2, 0) is 13.2 Å². The summed E-state index contributed by atoms with van der Waals surface area (Å²) in [7, 11) is 0. The van der Waals surface area contributed by atoms with Crippen molar-refractivity contribution in [1.29, 1.82) is 0 Å². The molecule has 0 saturated heterocycles. The number of pyridine rings is 1. The zero-order valence-corrected chi connectivity index (χ0v) is 16.6. The smallest absolute Gasteiger partial charge is 0.272 e. The van der Waals surface area contributed by atoms with Crippen LogP contribution in [0.5, 0.6) is 11.5 Å². The molecule has 0 aliphatic rings. The third kappa shape index (κ3) is 4.85. The Morgan fingerprint density at radius 3 is 2.71 bits per heavy atom. The Labute approximate surface area is 175 Å². The Bertz CT molecular complexity index is 1260. The molecule has 0 atom stereocenters. The Hall–Kier alpha value is -3.82. The van der Waals surface area contributed by atoms with Crippen LogP contribution in [0, 0.1) is 0 Å². The number of benzene rings is 1. The lowest BCUT2D eigenvalue weighted by atomic mass is 10.2. The Morgan fingerprint density at radius 1 is 1.10 bits per heavy atom. The number of halogens is 2. The average Bonchev–Trinajstić information content (AvgIpc) is 3.26. The zero-order chi connectivity index (χ0) is 21.8. The molecule has 31 heavy (non-hydrogen) atoms. The van der Waals surface area contributed by atoms with E-state index in [2.05, 4.69) is 15.2 Å². The van der Waals surface area contributed by atoms with Crippen LogP contribution < -0.4 is 14.9 Å². The van der Waals surface area contributed by atoms with Crippen LogP contribution >= 0.6 is 0 Å². The third-order valence-corrected chi connectivity index (χ3v) is 4.47. The standard InChI is InChI=1S/C21H19F2N5O3/c1-2-27-11-15(9-25-27)28-6-5-20(29)19(26-28)12-30-16-3-4-18-14(7-16)8-17(10-24-18)31-13-21(22)23/h3-11,21H,2,12-13H2,1H3. The molecular formula is C21H19F2N5O3. The van der Waals surface area contributed by atoms with Crippen LogP contribution in [0.25, 0.3) is 16.6 Å². The molecule has 10 heteroatoms. The van der Waals surface area contributed by atoms with E-state index in [1.807, 2.05) is 13.1 Å². The number of hydrogen-bond donors (Lipinski definition) is 0. The lowest BCUT2D eigenvalue weighted by Crippen LogP contribution is -2.17. The fraction of sp³-hybridized carbons (Fsp3) is 0.238. The molecule has 0 unspecified atom stereocenters. The van der Waals surface area contributed by atoms with E-state index in [0.29, 0.717) is 16.7 Å². The van der Waals surface area contributed by atoms with E-state index >= 15 is 0 Å². The first kappa shape index (κ1) is 20.5. The molecule has 0 radical (unpaired) electrons. The van der Waals surface area contributed by atoms with Crippen molar-refractivity contribution in [3.63, 3.8) is 0 Å².